The van der Waals surface area contributed by atoms with Crippen LogP contribution < -0.4 is 4.90 Å². The van der Waals surface area contributed by atoms with E-state index >= 15 is 0 Å². The molecule has 0 aliphatic carbocycles. The summed E-state index contributed by atoms with van der Waals surface area (Å²) >= 11 is 0. The second kappa shape index (κ2) is 4.91. The van der Waals surface area contributed by atoms with Crippen molar-refractivity contribution in [3.8, 4) is 0 Å². The number of fused-ring (bicyclic) bond motifs is 1. The van der Waals surface area contributed by atoms with Gasteiger partial charge in [-0.15, -0.1) is 10.2 Å². The highest BCUT2D eigenvalue weighted by atomic mass is 16.1. The summed E-state index contributed by atoms with van der Waals surface area (Å²) in [6, 6.07) is 7.55. The molecule has 1 aliphatic heterocycles. The molecule has 2 aromatic rings. The molecule has 5 nitrogen and oxygen atoms in total. The minimum atomic E-state index is -0.100. The third-order valence-corrected chi connectivity index (χ3v) is 3.58. The Kier molecular flexibility index (Phi) is 3.11. The Morgan fingerprint density at radius 1 is 1.21 bits per heavy atom. The Hall–Kier alpha value is -2.04. The van der Waals surface area contributed by atoms with Gasteiger partial charge in [0.1, 0.15) is 5.52 Å². The van der Waals surface area contributed by atoms with E-state index < -0.39 is 0 Å². The number of piperidine rings is 1. The van der Waals surface area contributed by atoms with E-state index in [0.717, 1.165) is 36.8 Å². The van der Waals surface area contributed by atoms with E-state index in [1.807, 2.05) is 29.2 Å². The zero-order valence-corrected chi connectivity index (χ0v) is 10.9. The van der Waals surface area contributed by atoms with Crippen LogP contribution in [0.15, 0.2) is 24.3 Å². The van der Waals surface area contributed by atoms with Gasteiger partial charge in [0.25, 0.3) is 0 Å². The number of hydrogen-bond acceptors (Lipinski definition) is 5. The van der Waals surface area contributed by atoms with Crippen molar-refractivity contribution in [3.63, 3.8) is 0 Å². The van der Waals surface area contributed by atoms with Crippen molar-refractivity contribution in [3.05, 3.63) is 24.3 Å². The molecule has 1 saturated heterocycles. The molecule has 2 heterocycles. The molecule has 3 rings (SSSR count). The van der Waals surface area contributed by atoms with Crippen LogP contribution in [0, 0.1) is 0 Å². The maximum absolute atomic E-state index is 11.7. The zero-order valence-electron chi connectivity index (χ0n) is 10.9. The first kappa shape index (κ1) is 12.0. The van der Waals surface area contributed by atoms with Crippen molar-refractivity contribution in [2.45, 2.75) is 32.2 Å². The van der Waals surface area contributed by atoms with Crippen LogP contribution in [0.2, 0.25) is 0 Å². The van der Waals surface area contributed by atoms with Gasteiger partial charge in [-0.05, 0) is 38.3 Å². The van der Waals surface area contributed by atoms with Crippen LogP contribution in [0.25, 0.3) is 11.0 Å². The van der Waals surface area contributed by atoms with Gasteiger partial charge in [0.05, 0.1) is 11.6 Å². The largest absolute Gasteiger partial charge is 0.329 e. The summed E-state index contributed by atoms with van der Waals surface area (Å²) in [5.74, 6) is 0.745. The SMILES string of the molecule is CC(=O)C1CCCCN1c1nnc2ccccc2n1. The average Bonchev–Trinajstić information content (AvgIpc) is 2.46. The molecule has 1 atom stereocenters. The summed E-state index contributed by atoms with van der Waals surface area (Å²) < 4.78 is 0. The highest BCUT2D eigenvalue weighted by Crippen LogP contribution is 2.23. The summed E-state index contributed by atoms with van der Waals surface area (Å²) in [5, 5.41) is 8.36. The van der Waals surface area contributed by atoms with Crippen LogP contribution in [0.4, 0.5) is 5.95 Å². The maximum atomic E-state index is 11.7. The Morgan fingerprint density at radius 2 is 2.00 bits per heavy atom. The number of carbonyl (C=O) groups excluding carboxylic acids is 1. The number of anilines is 1. The van der Waals surface area contributed by atoms with E-state index in [1.54, 1.807) is 6.92 Å². The monoisotopic (exact) mass is 256 g/mol. The van der Waals surface area contributed by atoms with E-state index in [4.69, 9.17) is 0 Å². The number of para-hydroxylation sites is 1. The minimum Gasteiger partial charge on any atom is -0.329 e. The van der Waals surface area contributed by atoms with Crippen LogP contribution in [0.3, 0.4) is 0 Å². The smallest absolute Gasteiger partial charge is 0.246 e. The molecule has 0 spiro atoms. The van der Waals surface area contributed by atoms with Gasteiger partial charge >= 0.3 is 0 Å². The van der Waals surface area contributed by atoms with Crippen molar-refractivity contribution in [1.82, 2.24) is 15.2 Å². The first-order valence-electron chi connectivity index (χ1n) is 6.62. The first-order chi connectivity index (χ1) is 9.25. The number of hydrogen-bond donors (Lipinski definition) is 0. The van der Waals surface area contributed by atoms with Gasteiger partial charge in [0.2, 0.25) is 5.95 Å². The van der Waals surface area contributed by atoms with Crippen molar-refractivity contribution < 1.29 is 4.79 Å². The quantitative estimate of drug-likeness (QED) is 0.822. The molecule has 0 N–H and O–H groups in total. The van der Waals surface area contributed by atoms with Crippen molar-refractivity contribution >= 4 is 22.8 Å². The molecule has 1 fully saturated rings. The summed E-state index contributed by atoms with van der Waals surface area (Å²) in [7, 11) is 0. The first-order valence-corrected chi connectivity index (χ1v) is 6.62. The van der Waals surface area contributed by atoms with E-state index in [9.17, 15) is 4.79 Å². The van der Waals surface area contributed by atoms with Crippen molar-refractivity contribution in [2.75, 3.05) is 11.4 Å². The van der Waals surface area contributed by atoms with Gasteiger partial charge in [0.15, 0.2) is 5.78 Å². The van der Waals surface area contributed by atoms with Gasteiger partial charge < -0.3 is 4.90 Å². The van der Waals surface area contributed by atoms with Crippen LogP contribution in [-0.2, 0) is 4.79 Å². The molecular weight excluding hydrogens is 240 g/mol. The molecule has 1 aromatic heterocycles. The third kappa shape index (κ3) is 2.28. The van der Waals surface area contributed by atoms with Gasteiger partial charge in [-0.2, -0.15) is 0 Å². The van der Waals surface area contributed by atoms with Crippen LogP contribution in [0.5, 0.6) is 0 Å². The number of nitrogens with zero attached hydrogens (tertiary/aromatic N) is 4. The second-order valence-electron chi connectivity index (χ2n) is 4.92. The molecule has 0 amide bonds. The molecule has 5 heteroatoms. The normalized spacial score (nSPS) is 19.6. The van der Waals surface area contributed by atoms with Crippen LogP contribution >= 0.6 is 0 Å². The van der Waals surface area contributed by atoms with Gasteiger partial charge in [-0.25, -0.2) is 4.98 Å². The Balaban J connectivity index is 1.99. The average molecular weight is 256 g/mol. The Bertz CT molecular complexity index is 613. The van der Waals surface area contributed by atoms with Crippen molar-refractivity contribution in [2.24, 2.45) is 0 Å². The predicted octanol–water partition coefficient (Wildman–Crippen LogP) is 1.97. The van der Waals surface area contributed by atoms with E-state index in [2.05, 4.69) is 15.2 Å². The summed E-state index contributed by atoms with van der Waals surface area (Å²) in [6.07, 6.45) is 3.03. The maximum Gasteiger partial charge on any atom is 0.246 e. The molecule has 0 radical (unpaired) electrons. The number of ketones is 1. The van der Waals surface area contributed by atoms with Crippen molar-refractivity contribution in [1.29, 1.82) is 0 Å². The second-order valence-corrected chi connectivity index (χ2v) is 4.92. The molecular formula is C14H16N4O. The highest BCUT2D eigenvalue weighted by Gasteiger charge is 2.28. The Labute approximate surface area is 111 Å². The predicted molar refractivity (Wildman–Crippen MR) is 73.0 cm³/mol. The molecule has 0 saturated carbocycles. The Morgan fingerprint density at radius 3 is 2.79 bits per heavy atom. The fraction of sp³-hybridized carbons (Fsp3) is 0.429. The lowest BCUT2D eigenvalue weighted by atomic mass is 10.00. The standard InChI is InChI=1S/C14H16N4O/c1-10(19)13-8-4-5-9-18(13)14-15-11-6-2-3-7-12(11)16-17-14/h2-3,6-7,13H,4-5,8-9H2,1H3. The van der Waals surface area contributed by atoms with Crippen LogP contribution in [-0.4, -0.2) is 33.6 Å². The van der Waals surface area contributed by atoms with Gasteiger partial charge in [-0.3, -0.25) is 4.79 Å². The minimum absolute atomic E-state index is 0.100. The fourth-order valence-electron chi connectivity index (χ4n) is 2.59. The van der Waals surface area contributed by atoms with Gasteiger partial charge in [-0.1, -0.05) is 12.1 Å². The number of rotatable bonds is 2. The number of Topliss-reactive ketones (excluding diaryl/α,β-unsaturated/α-hetero) is 1. The number of carbonyl (C=O) groups is 1. The molecule has 1 aromatic carbocycles. The van der Waals surface area contributed by atoms with E-state index in [0.29, 0.717) is 5.95 Å². The van der Waals surface area contributed by atoms with E-state index in [-0.39, 0.29) is 11.8 Å². The topological polar surface area (TPSA) is 59.0 Å². The van der Waals surface area contributed by atoms with Crippen LogP contribution in [0.1, 0.15) is 26.2 Å². The lowest BCUT2D eigenvalue weighted by Crippen LogP contribution is -2.44. The zero-order chi connectivity index (χ0) is 13.2. The lowest BCUT2D eigenvalue weighted by molar-refractivity contribution is -0.118. The molecule has 19 heavy (non-hydrogen) atoms. The molecule has 0 bridgehead atoms. The number of aromatic nitrogens is 3. The number of benzene rings is 1. The third-order valence-electron chi connectivity index (χ3n) is 3.58. The summed E-state index contributed by atoms with van der Waals surface area (Å²) in [6.45, 7) is 2.46. The molecule has 1 unspecified atom stereocenters. The highest BCUT2D eigenvalue weighted by molar-refractivity contribution is 5.85. The summed E-state index contributed by atoms with van der Waals surface area (Å²) in [4.78, 5) is 18.3. The van der Waals surface area contributed by atoms with Gasteiger partial charge in [0, 0.05) is 6.54 Å². The van der Waals surface area contributed by atoms with E-state index in [1.165, 1.54) is 0 Å². The summed E-state index contributed by atoms with van der Waals surface area (Å²) in [5.41, 5.74) is 1.60. The molecule has 98 valence electrons. The fourth-order valence-corrected chi connectivity index (χ4v) is 2.59. The molecule has 1 aliphatic rings. The lowest BCUT2D eigenvalue weighted by Gasteiger charge is -2.33.